The number of carbonyl (C=O) groups excluding carboxylic acids is 2. The van der Waals surface area contributed by atoms with E-state index in [9.17, 15) is 9.59 Å². The summed E-state index contributed by atoms with van der Waals surface area (Å²) in [6, 6.07) is 0. The molecule has 4 rings (SSSR count). The molecule has 138 valence electrons. The molecule has 0 aromatic heterocycles. The fourth-order valence-corrected chi connectivity index (χ4v) is 6.66. The Morgan fingerprint density at radius 2 is 2.00 bits per heavy atom. The van der Waals surface area contributed by atoms with Crippen LogP contribution >= 0.6 is 0 Å². The van der Waals surface area contributed by atoms with Crippen LogP contribution in [-0.4, -0.2) is 25.2 Å². The third-order valence-electron chi connectivity index (χ3n) is 7.99. The number of allylic oxidation sites excluding steroid dienone is 1. The van der Waals surface area contributed by atoms with Crippen LogP contribution in [0, 0.1) is 35.0 Å². The van der Waals surface area contributed by atoms with Crippen LogP contribution in [0.3, 0.4) is 0 Å². The number of ketones is 1. The molecule has 0 aliphatic heterocycles. The Labute approximate surface area is 150 Å². The maximum Gasteiger partial charge on any atom is 0.508 e. The van der Waals surface area contributed by atoms with Crippen LogP contribution in [0.2, 0.25) is 0 Å². The second kappa shape index (κ2) is 6.14. The topological polar surface area (TPSA) is 52.6 Å². The molecule has 3 fully saturated rings. The van der Waals surface area contributed by atoms with Crippen molar-refractivity contribution in [2.24, 2.45) is 35.0 Å². The highest BCUT2D eigenvalue weighted by Gasteiger charge is 2.57. The van der Waals surface area contributed by atoms with Gasteiger partial charge in [0.2, 0.25) is 0 Å². The number of methoxy groups -OCH3 is 1. The summed E-state index contributed by atoms with van der Waals surface area (Å²) >= 11 is 0. The van der Waals surface area contributed by atoms with Crippen LogP contribution in [0.4, 0.5) is 4.79 Å². The molecule has 0 spiro atoms. The first-order valence-electron chi connectivity index (χ1n) is 9.93. The quantitative estimate of drug-likeness (QED) is 0.655. The summed E-state index contributed by atoms with van der Waals surface area (Å²) in [5.74, 6) is 3.18. The van der Waals surface area contributed by atoms with Crippen molar-refractivity contribution in [3.8, 4) is 0 Å². The average molecular weight is 346 g/mol. The van der Waals surface area contributed by atoms with Gasteiger partial charge in [0.1, 0.15) is 6.10 Å². The summed E-state index contributed by atoms with van der Waals surface area (Å²) in [7, 11) is 1.38. The van der Waals surface area contributed by atoms with Crippen molar-refractivity contribution in [2.45, 2.75) is 64.9 Å². The van der Waals surface area contributed by atoms with Crippen LogP contribution < -0.4 is 0 Å². The Kier molecular flexibility index (Phi) is 4.20. The van der Waals surface area contributed by atoms with E-state index in [2.05, 4.69) is 13.8 Å². The van der Waals surface area contributed by atoms with Crippen LogP contribution in [0.5, 0.6) is 0 Å². The zero-order valence-electron chi connectivity index (χ0n) is 15.6. The third kappa shape index (κ3) is 2.63. The molecule has 3 saturated carbocycles. The van der Waals surface area contributed by atoms with E-state index in [0.29, 0.717) is 29.5 Å². The lowest BCUT2D eigenvalue weighted by Crippen LogP contribution is -2.48. The van der Waals surface area contributed by atoms with Crippen molar-refractivity contribution in [3.63, 3.8) is 0 Å². The first-order valence-corrected chi connectivity index (χ1v) is 9.93. The van der Waals surface area contributed by atoms with Gasteiger partial charge in [-0.05, 0) is 74.7 Å². The molecule has 4 aliphatic rings. The molecule has 7 atom stereocenters. The van der Waals surface area contributed by atoms with E-state index in [4.69, 9.17) is 9.47 Å². The Morgan fingerprint density at radius 1 is 1.20 bits per heavy atom. The van der Waals surface area contributed by atoms with Gasteiger partial charge in [-0.2, -0.15) is 0 Å². The van der Waals surface area contributed by atoms with Gasteiger partial charge in [-0.1, -0.05) is 19.4 Å². The predicted molar refractivity (Wildman–Crippen MR) is 93.9 cm³/mol. The van der Waals surface area contributed by atoms with E-state index in [1.165, 1.54) is 25.5 Å². The minimum absolute atomic E-state index is 0.00491. The smallest absolute Gasteiger partial charge is 0.438 e. The maximum atomic E-state index is 12.1. The van der Waals surface area contributed by atoms with E-state index < -0.39 is 6.16 Å². The van der Waals surface area contributed by atoms with Gasteiger partial charge >= 0.3 is 6.16 Å². The summed E-state index contributed by atoms with van der Waals surface area (Å²) < 4.78 is 10.4. The van der Waals surface area contributed by atoms with Crippen LogP contribution in [0.25, 0.3) is 0 Å². The fraction of sp³-hybridized carbons (Fsp3) is 0.810. The van der Waals surface area contributed by atoms with E-state index in [0.717, 1.165) is 32.1 Å². The number of fused-ring (bicyclic) bond motifs is 5. The van der Waals surface area contributed by atoms with Gasteiger partial charge in [0, 0.05) is 11.3 Å². The van der Waals surface area contributed by atoms with E-state index >= 15 is 0 Å². The summed E-state index contributed by atoms with van der Waals surface area (Å²) in [5.41, 5.74) is 1.51. The molecule has 25 heavy (non-hydrogen) atoms. The second-order valence-electron chi connectivity index (χ2n) is 9.02. The van der Waals surface area contributed by atoms with Crippen LogP contribution in [0.15, 0.2) is 11.6 Å². The van der Waals surface area contributed by atoms with Crippen molar-refractivity contribution < 1.29 is 19.1 Å². The standard InChI is InChI=1S/C21H30O4/c1-12-10-16-13(11-18(12)22)4-5-15-14(16)8-9-21(2)17(15)6-7-19(21)25-20(23)24-3/h11-12,14-17,19H,4-10H2,1-3H3/t12?,14-,15+,16-,17-,19-,21-/m0/s1. The molecule has 0 N–H and O–H groups in total. The number of hydrogen-bond donors (Lipinski definition) is 0. The third-order valence-corrected chi connectivity index (χ3v) is 7.99. The normalized spacial score (nSPS) is 45.7. The number of carbonyl (C=O) groups is 2. The Hall–Kier alpha value is -1.32. The molecule has 0 aromatic rings. The number of ether oxygens (including phenoxy) is 2. The SMILES string of the molecule is COC(=O)O[C@H]1CC[C@H]2[C@@H]3CCC4=CC(=O)C(C)C[C@@H]4[C@H]3CC[C@]12C. The number of hydrogen-bond acceptors (Lipinski definition) is 4. The van der Waals surface area contributed by atoms with Crippen LogP contribution in [-0.2, 0) is 14.3 Å². The summed E-state index contributed by atoms with van der Waals surface area (Å²) in [4.78, 5) is 23.7. The molecule has 0 bridgehead atoms. The molecule has 0 amide bonds. The molecule has 0 radical (unpaired) electrons. The van der Waals surface area contributed by atoms with Gasteiger partial charge < -0.3 is 9.47 Å². The van der Waals surface area contributed by atoms with Crippen molar-refractivity contribution in [1.82, 2.24) is 0 Å². The molecule has 0 aromatic carbocycles. The monoisotopic (exact) mass is 346 g/mol. The lowest BCUT2D eigenvalue weighted by atomic mass is 9.51. The van der Waals surface area contributed by atoms with Crippen molar-refractivity contribution in [1.29, 1.82) is 0 Å². The van der Waals surface area contributed by atoms with Gasteiger partial charge in [-0.15, -0.1) is 0 Å². The van der Waals surface area contributed by atoms with Gasteiger partial charge in [0.25, 0.3) is 0 Å². The molecule has 0 heterocycles. The second-order valence-corrected chi connectivity index (χ2v) is 9.02. The minimum Gasteiger partial charge on any atom is -0.438 e. The van der Waals surface area contributed by atoms with E-state index in [1.54, 1.807) is 0 Å². The first-order chi connectivity index (χ1) is 11.9. The largest absolute Gasteiger partial charge is 0.508 e. The highest BCUT2D eigenvalue weighted by molar-refractivity contribution is 5.93. The van der Waals surface area contributed by atoms with E-state index in [-0.39, 0.29) is 17.4 Å². The molecule has 1 unspecified atom stereocenters. The highest BCUT2D eigenvalue weighted by Crippen LogP contribution is 2.62. The van der Waals surface area contributed by atoms with E-state index in [1.807, 2.05) is 6.08 Å². The van der Waals surface area contributed by atoms with Gasteiger partial charge in [0.15, 0.2) is 5.78 Å². The average Bonchev–Trinajstić information content (AvgIpc) is 2.92. The molecule has 0 saturated heterocycles. The lowest BCUT2D eigenvalue weighted by Gasteiger charge is -2.53. The minimum atomic E-state index is -0.539. The van der Waals surface area contributed by atoms with Gasteiger partial charge in [0.05, 0.1) is 7.11 Å². The molecular formula is C21H30O4. The Morgan fingerprint density at radius 3 is 2.76 bits per heavy atom. The van der Waals surface area contributed by atoms with Crippen molar-refractivity contribution in [3.05, 3.63) is 11.6 Å². The lowest BCUT2D eigenvalue weighted by molar-refractivity contribution is -0.120. The molecule has 4 nitrogen and oxygen atoms in total. The molecule has 4 heteroatoms. The van der Waals surface area contributed by atoms with Crippen molar-refractivity contribution >= 4 is 11.9 Å². The Balaban J connectivity index is 1.55. The zero-order valence-corrected chi connectivity index (χ0v) is 15.6. The predicted octanol–water partition coefficient (Wildman–Crippen LogP) is 4.53. The first kappa shape index (κ1) is 17.1. The Bertz CT molecular complexity index is 609. The number of rotatable bonds is 1. The summed E-state index contributed by atoms with van der Waals surface area (Å²) in [6.45, 7) is 4.41. The van der Waals surface area contributed by atoms with Gasteiger partial charge in [-0.25, -0.2) is 4.79 Å². The molecular weight excluding hydrogens is 316 g/mol. The highest BCUT2D eigenvalue weighted by atomic mass is 16.7. The summed E-state index contributed by atoms with van der Waals surface area (Å²) in [5, 5.41) is 0. The van der Waals surface area contributed by atoms with Crippen LogP contribution in [0.1, 0.15) is 58.8 Å². The zero-order chi connectivity index (χ0) is 17.8. The maximum absolute atomic E-state index is 12.1. The fourth-order valence-electron chi connectivity index (χ4n) is 6.66. The van der Waals surface area contributed by atoms with Crippen molar-refractivity contribution in [2.75, 3.05) is 7.11 Å². The molecule has 4 aliphatic carbocycles. The van der Waals surface area contributed by atoms with Gasteiger partial charge in [-0.3, -0.25) is 4.79 Å². The summed E-state index contributed by atoms with van der Waals surface area (Å²) in [6.07, 6.45) is 9.17.